The number of hydrogen-bond acceptors (Lipinski definition) is 8. The van der Waals surface area contributed by atoms with Crippen LogP contribution >= 0.6 is 0 Å². The van der Waals surface area contributed by atoms with Crippen LogP contribution in [-0.2, 0) is 39.5 Å². The largest absolute Gasteiger partial charge is 0.444 e. The monoisotopic (exact) mass is 722 g/mol. The van der Waals surface area contributed by atoms with Crippen molar-refractivity contribution in [2.45, 2.75) is 101 Å². The second kappa shape index (κ2) is 13.7. The molecule has 0 unspecified atom stereocenters. The molecule has 2 saturated carbocycles. The molecule has 5 atom stereocenters. The summed E-state index contributed by atoms with van der Waals surface area (Å²) in [6.07, 6.45) is 1.81. The minimum atomic E-state index is -3.90. The van der Waals surface area contributed by atoms with Crippen LogP contribution in [0.5, 0.6) is 0 Å². The Kier molecular flexibility index (Phi) is 10.2. The maximum absolute atomic E-state index is 14.6. The molecule has 3 fully saturated rings. The van der Waals surface area contributed by atoms with Gasteiger partial charge in [-0.1, -0.05) is 81.4 Å². The molecular weight excluding hydrogens is 673 g/mol. The Hall–Kier alpha value is -4.23. The fourth-order valence-electron chi connectivity index (χ4n) is 6.67. The molecule has 2 aliphatic carbocycles. The number of likely N-dealkylation sites (tertiary alicyclic amines) is 1. The molecule has 12 nitrogen and oxygen atoms in total. The number of nitrogens with one attached hydrogen (secondary N) is 3. The van der Waals surface area contributed by atoms with E-state index in [1.807, 2.05) is 54.6 Å². The highest BCUT2D eigenvalue weighted by atomic mass is 32.2. The van der Waals surface area contributed by atoms with Gasteiger partial charge in [0.2, 0.25) is 21.8 Å². The average molecular weight is 723 g/mol. The van der Waals surface area contributed by atoms with E-state index in [1.165, 1.54) is 18.1 Å². The summed E-state index contributed by atoms with van der Waals surface area (Å²) in [5.41, 5.74) is -1.62. The molecule has 13 heteroatoms. The molecule has 1 saturated heterocycles. The van der Waals surface area contributed by atoms with Crippen molar-refractivity contribution in [3.63, 3.8) is 0 Å². The summed E-state index contributed by atoms with van der Waals surface area (Å²) in [6, 6.07) is 15.3. The van der Waals surface area contributed by atoms with Gasteiger partial charge in [-0.2, -0.15) is 0 Å². The predicted octanol–water partition coefficient (Wildman–Crippen LogP) is 4.40. The summed E-state index contributed by atoms with van der Waals surface area (Å²) in [5, 5.41) is 4.91. The van der Waals surface area contributed by atoms with E-state index >= 15 is 0 Å². The topological polar surface area (TPSA) is 160 Å². The third-order valence-corrected chi connectivity index (χ3v) is 11.7. The van der Waals surface area contributed by atoms with Crippen LogP contribution in [0.25, 0.3) is 11.1 Å². The van der Waals surface area contributed by atoms with E-state index in [-0.39, 0.29) is 19.4 Å². The molecule has 2 aromatic carbocycles. The molecule has 4 amide bonds. The second-order valence-corrected chi connectivity index (χ2v) is 17.9. The van der Waals surface area contributed by atoms with Gasteiger partial charge in [0.05, 0.1) is 11.8 Å². The number of benzene rings is 2. The van der Waals surface area contributed by atoms with Gasteiger partial charge in [0.15, 0.2) is 0 Å². The lowest BCUT2D eigenvalue weighted by Gasteiger charge is -2.36. The highest BCUT2D eigenvalue weighted by Crippen LogP contribution is 2.47. The van der Waals surface area contributed by atoms with Gasteiger partial charge in [0.1, 0.15) is 28.8 Å². The number of carbonyl (C=O) groups excluding carboxylic acids is 4. The molecule has 2 aromatic rings. The van der Waals surface area contributed by atoms with E-state index in [2.05, 4.69) is 21.9 Å². The fourth-order valence-corrected chi connectivity index (χ4v) is 8.03. The van der Waals surface area contributed by atoms with Crippen molar-refractivity contribution in [1.82, 2.24) is 20.3 Å². The van der Waals surface area contributed by atoms with Gasteiger partial charge in [0, 0.05) is 19.4 Å². The van der Waals surface area contributed by atoms with Crippen LogP contribution in [0.1, 0.15) is 72.8 Å². The minimum Gasteiger partial charge on any atom is -0.444 e. The Bertz CT molecular complexity index is 1780. The van der Waals surface area contributed by atoms with Gasteiger partial charge in [-0.05, 0) is 62.1 Å². The van der Waals surface area contributed by atoms with Gasteiger partial charge in [-0.3, -0.25) is 19.1 Å². The summed E-state index contributed by atoms with van der Waals surface area (Å²) >= 11 is 0. The molecule has 0 aromatic heterocycles. The number of nitrogens with zero attached hydrogens (tertiary/aromatic N) is 1. The zero-order valence-corrected chi connectivity index (χ0v) is 31.3. The van der Waals surface area contributed by atoms with E-state index in [1.54, 1.807) is 41.5 Å². The Labute approximate surface area is 300 Å². The Morgan fingerprint density at radius 3 is 2.06 bits per heavy atom. The summed E-state index contributed by atoms with van der Waals surface area (Å²) < 4.78 is 39.3. The van der Waals surface area contributed by atoms with E-state index in [0.29, 0.717) is 12.8 Å². The van der Waals surface area contributed by atoms with Gasteiger partial charge < -0.3 is 25.0 Å². The SMILES string of the molecule is C=C[C@@H]1C[C@]1(NC(=O)[C@@H]1C[C@@](OC)(c2ccc(-c3ccccc3)cc2)CN1C(=O)[C@@H](NC(=O)OC(C)(C)C)C(C)(C)C)C(=O)NS(=O)(=O)C1CC1. The Morgan fingerprint density at radius 1 is 0.941 bits per heavy atom. The maximum atomic E-state index is 14.6. The standard InChI is InChI=1S/C38H50N4O8S/c1-9-26-21-38(26,33(45)41-51(47,48)28-19-20-28)40-31(43)29-22-37(49-8,27-17-15-25(16-18-27)24-13-11-10-12-14-24)23-42(29)32(44)30(35(2,3)4)39-34(46)50-36(5,6)7/h9-18,26,28-30H,1,19-23H2,2-8H3,(H,39,46)(H,40,43)(H,41,45)/t26-,29+,30-,37+,38-/m1/s1. The highest BCUT2D eigenvalue weighted by molar-refractivity contribution is 7.91. The average Bonchev–Trinajstić information content (AvgIpc) is 3.99. The van der Waals surface area contributed by atoms with Crippen molar-refractivity contribution in [1.29, 1.82) is 0 Å². The summed E-state index contributed by atoms with van der Waals surface area (Å²) in [4.78, 5) is 56.9. The van der Waals surface area contributed by atoms with Crippen molar-refractivity contribution in [2.24, 2.45) is 11.3 Å². The highest BCUT2D eigenvalue weighted by Gasteiger charge is 2.62. The van der Waals surface area contributed by atoms with Gasteiger partial charge >= 0.3 is 6.09 Å². The van der Waals surface area contributed by atoms with E-state index in [0.717, 1.165) is 16.7 Å². The normalized spacial score (nSPS) is 25.4. The van der Waals surface area contributed by atoms with E-state index in [9.17, 15) is 27.6 Å². The zero-order valence-electron chi connectivity index (χ0n) is 30.4. The molecular formula is C38H50N4O8S. The molecule has 3 aliphatic rings. The smallest absolute Gasteiger partial charge is 0.408 e. The van der Waals surface area contributed by atoms with Crippen LogP contribution in [0.2, 0.25) is 0 Å². The van der Waals surface area contributed by atoms with E-state index < -0.39 is 79.2 Å². The van der Waals surface area contributed by atoms with E-state index in [4.69, 9.17) is 9.47 Å². The number of methoxy groups -OCH3 is 1. The van der Waals surface area contributed by atoms with Crippen molar-refractivity contribution in [2.75, 3.05) is 13.7 Å². The van der Waals surface area contributed by atoms with Crippen LogP contribution in [0.15, 0.2) is 67.3 Å². The number of ether oxygens (including phenoxy) is 2. The summed E-state index contributed by atoms with van der Waals surface area (Å²) in [5.74, 6) is -2.55. The van der Waals surface area contributed by atoms with Gasteiger partial charge in [-0.15, -0.1) is 6.58 Å². The number of sulfonamides is 1. The van der Waals surface area contributed by atoms with Gasteiger partial charge in [-0.25, -0.2) is 13.2 Å². The van der Waals surface area contributed by atoms with Crippen LogP contribution in [0.3, 0.4) is 0 Å². The molecule has 3 N–H and O–H groups in total. The molecule has 1 heterocycles. The third kappa shape index (κ3) is 8.14. The van der Waals surface area contributed by atoms with Gasteiger partial charge in [0.25, 0.3) is 5.91 Å². The lowest BCUT2D eigenvalue weighted by molar-refractivity contribution is -0.143. The van der Waals surface area contributed by atoms with Crippen LogP contribution in [0.4, 0.5) is 4.79 Å². The third-order valence-electron chi connectivity index (χ3n) is 9.84. The first-order valence-electron chi connectivity index (χ1n) is 17.3. The lowest BCUT2D eigenvalue weighted by Crippen LogP contribution is -2.60. The minimum absolute atomic E-state index is 0.0197. The van der Waals surface area contributed by atoms with Crippen molar-refractivity contribution < 1.29 is 37.1 Å². The first-order valence-corrected chi connectivity index (χ1v) is 18.8. The van der Waals surface area contributed by atoms with Crippen LogP contribution in [0, 0.1) is 11.3 Å². The Morgan fingerprint density at radius 2 is 1.55 bits per heavy atom. The quantitative estimate of drug-likeness (QED) is 0.288. The van der Waals surface area contributed by atoms with Crippen molar-refractivity contribution >= 4 is 33.8 Å². The zero-order chi connectivity index (χ0) is 37.6. The van der Waals surface area contributed by atoms with Crippen LogP contribution in [-0.4, -0.2) is 79.3 Å². The summed E-state index contributed by atoms with van der Waals surface area (Å²) in [6.45, 7) is 14.3. The molecule has 0 radical (unpaired) electrons. The van der Waals surface area contributed by atoms with Crippen molar-refractivity contribution in [3.05, 3.63) is 72.8 Å². The molecule has 5 rings (SSSR count). The number of amides is 4. The number of hydrogen-bond donors (Lipinski definition) is 3. The molecule has 276 valence electrons. The molecule has 0 spiro atoms. The second-order valence-electron chi connectivity index (χ2n) is 16.0. The first kappa shape index (κ1) is 38.0. The lowest BCUT2D eigenvalue weighted by atomic mass is 9.85. The number of carbonyl (C=O) groups is 4. The number of rotatable bonds is 11. The first-order chi connectivity index (χ1) is 23.7. The summed E-state index contributed by atoms with van der Waals surface area (Å²) in [7, 11) is -2.38. The molecule has 0 bridgehead atoms. The Balaban J connectivity index is 1.50. The van der Waals surface area contributed by atoms with Crippen LogP contribution < -0.4 is 15.4 Å². The number of alkyl carbamates (subject to hydrolysis) is 1. The maximum Gasteiger partial charge on any atom is 0.408 e. The molecule has 51 heavy (non-hydrogen) atoms. The fraction of sp³-hybridized carbons (Fsp3) is 0.526. The predicted molar refractivity (Wildman–Crippen MR) is 193 cm³/mol. The van der Waals surface area contributed by atoms with Crippen molar-refractivity contribution in [3.8, 4) is 11.1 Å². The molecule has 1 aliphatic heterocycles.